The molecule has 0 spiro atoms. The summed E-state index contributed by atoms with van der Waals surface area (Å²) < 4.78 is 5.87. The maximum Gasteiger partial charge on any atom is 0.125 e. The van der Waals surface area contributed by atoms with Gasteiger partial charge in [-0.15, -0.1) is 11.3 Å². The molecule has 0 bridgehead atoms. The number of aromatic nitrogens is 1. The predicted molar refractivity (Wildman–Crippen MR) is 78.1 cm³/mol. The predicted octanol–water partition coefficient (Wildman–Crippen LogP) is 3.43. The van der Waals surface area contributed by atoms with Gasteiger partial charge in [-0.25, -0.2) is 4.98 Å². The monoisotopic (exact) mass is 270 g/mol. The number of nitrogens with two attached hydrogens (primary N) is 1. The lowest BCUT2D eigenvalue weighted by Crippen LogP contribution is -2.32. The highest BCUT2D eigenvalue weighted by molar-refractivity contribution is 7.09. The van der Waals surface area contributed by atoms with E-state index in [2.05, 4.69) is 33.1 Å². The van der Waals surface area contributed by atoms with Crippen molar-refractivity contribution in [2.45, 2.75) is 58.5 Å². The average molecular weight is 270 g/mol. The fourth-order valence-electron chi connectivity index (χ4n) is 1.86. The zero-order chi connectivity index (χ0) is 13.8. The van der Waals surface area contributed by atoms with E-state index in [1.54, 1.807) is 11.3 Å². The smallest absolute Gasteiger partial charge is 0.125 e. The summed E-state index contributed by atoms with van der Waals surface area (Å²) in [6, 6.07) is 0. The number of thiazole rings is 1. The van der Waals surface area contributed by atoms with E-state index in [0.29, 0.717) is 13.2 Å². The number of rotatable bonds is 7. The summed E-state index contributed by atoms with van der Waals surface area (Å²) >= 11 is 1.69. The minimum atomic E-state index is -0.263. The summed E-state index contributed by atoms with van der Waals surface area (Å²) in [6.07, 6.45) is 1.93. The van der Waals surface area contributed by atoms with E-state index < -0.39 is 0 Å². The Kier molecular flexibility index (Phi) is 5.32. The van der Waals surface area contributed by atoms with Crippen LogP contribution in [0, 0.1) is 0 Å². The molecule has 2 atom stereocenters. The summed E-state index contributed by atoms with van der Waals surface area (Å²) in [5, 5.41) is 3.20. The van der Waals surface area contributed by atoms with Crippen molar-refractivity contribution >= 4 is 11.3 Å². The van der Waals surface area contributed by atoms with Crippen LogP contribution in [0.2, 0.25) is 0 Å². The first-order valence-corrected chi connectivity index (χ1v) is 7.64. The molecule has 2 unspecified atom stereocenters. The van der Waals surface area contributed by atoms with Crippen molar-refractivity contribution in [3.05, 3.63) is 16.1 Å². The Morgan fingerprint density at radius 3 is 2.39 bits per heavy atom. The van der Waals surface area contributed by atoms with Gasteiger partial charge in [0.2, 0.25) is 0 Å². The fraction of sp³-hybridized carbons (Fsp3) is 0.786. The first-order chi connectivity index (χ1) is 8.45. The van der Waals surface area contributed by atoms with E-state index in [0.717, 1.165) is 23.5 Å². The Hall–Kier alpha value is -0.450. The Labute approximate surface area is 115 Å². The van der Waals surface area contributed by atoms with Crippen LogP contribution in [0.3, 0.4) is 0 Å². The maximum atomic E-state index is 5.89. The highest BCUT2D eigenvalue weighted by atomic mass is 32.1. The lowest BCUT2D eigenvalue weighted by molar-refractivity contribution is -0.0326. The molecule has 0 aliphatic rings. The normalized spacial score (nSPS) is 18.3. The molecule has 0 radical (unpaired) electrons. The van der Waals surface area contributed by atoms with Crippen LogP contribution < -0.4 is 5.73 Å². The van der Waals surface area contributed by atoms with Gasteiger partial charge < -0.3 is 10.5 Å². The largest absolute Gasteiger partial charge is 0.368 e. The molecule has 0 aromatic carbocycles. The number of hydrogen-bond acceptors (Lipinski definition) is 4. The van der Waals surface area contributed by atoms with Crippen LogP contribution >= 0.6 is 11.3 Å². The van der Waals surface area contributed by atoms with Crippen LogP contribution in [0.1, 0.15) is 58.2 Å². The van der Waals surface area contributed by atoms with Gasteiger partial charge in [-0.05, 0) is 26.7 Å². The van der Waals surface area contributed by atoms with Gasteiger partial charge >= 0.3 is 0 Å². The summed E-state index contributed by atoms with van der Waals surface area (Å²) in [6.45, 7) is 12.0. The van der Waals surface area contributed by atoms with Gasteiger partial charge in [0, 0.05) is 23.9 Å². The van der Waals surface area contributed by atoms with Crippen molar-refractivity contribution in [1.29, 1.82) is 0 Å². The molecule has 0 saturated carbocycles. The second kappa shape index (κ2) is 6.13. The fourth-order valence-corrected chi connectivity index (χ4v) is 3.02. The third kappa shape index (κ3) is 2.92. The van der Waals surface area contributed by atoms with Gasteiger partial charge in [0.15, 0.2) is 0 Å². The Bertz CT molecular complexity index is 374. The van der Waals surface area contributed by atoms with Crippen LogP contribution in [-0.2, 0) is 15.8 Å². The quantitative estimate of drug-likeness (QED) is 0.825. The van der Waals surface area contributed by atoms with E-state index in [1.165, 1.54) is 0 Å². The molecular weight excluding hydrogens is 244 g/mol. The number of hydrogen-bond donors (Lipinski definition) is 1. The average Bonchev–Trinajstić information content (AvgIpc) is 2.88. The van der Waals surface area contributed by atoms with Crippen LogP contribution in [-0.4, -0.2) is 18.1 Å². The summed E-state index contributed by atoms with van der Waals surface area (Å²) in [5.41, 5.74) is 6.71. The lowest BCUT2D eigenvalue weighted by Gasteiger charge is -2.27. The van der Waals surface area contributed by atoms with Gasteiger partial charge in [-0.3, -0.25) is 0 Å². The van der Waals surface area contributed by atoms with Crippen molar-refractivity contribution in [2.24, 2.45) is 5.73 Å². The Morgan fingerprint density at radius 1 is 1.28 bits per heavy atom. The van der Waals surface area contributed by atoms with Gasteiger partial charge in [0.1, 0.15) is 10.6 Å². The molecule has 1 rings (SSSR count). The second-order valence-corrected chi connectivity index (χ2v) is 6.03. The Balaban J connectivity index is 3.05. The standard InChI is InChI=1S/C14H26N2OS/c1-6-13(4,10-15)11-9-18-12(16-11)14(5,7-2)17-8-3/h9H,6-8,10,15H2,1-5H3. The topological polar surface area (TPSA) is 48.1 Å². The molecular formula is C14H26N2OS. The number of nitrogens with zero attached hydrogens (tertiary/aromatic N) is 1. The van der Waals surface area contributed by atoms with E-state index in [9.17, 15) is 0 Å². The van der Waals surface area contributed by atoms with Gasteiger partial charge in [0.25, 0.3) is 0 Å². The minimum absolute atomic E-state index is 0.0182. The maximum absolute atomic E-state index is 5.89. The molecule has 1 aromatic rings. The van der Waals surface area contributed by atoms with Gasteiger partial charge in [0.05, 0.1) is 5.69 Å². The van der Waals surface area contributed by atoms with E-state index in [-0.39, 0.29) is 11.0 Å². The molecule has 1 aromatic heterocycles. The van der Waals surface area contributed by atoms with Gasteiger partial charge in [-0.2, -0.15) is 0 Å². The first-order valence-electron chi connectivity index (χ1n) is 6.76. The molecule has 0 amide bonds. The molecule has 104 valence electrons. The number of ether oxygens (including phenoxy) is 1. The third-order valence-electron chi connectivity index (χ3n) is 3.94. The minimum Gasteiger partial charge on any atom is -0.368 e. The molecule has 0 saturated heterocycles. The van der Waals surface area contributed by atoms with Crippen molar-refractivity contribution in [3.8, 4) is 0 Å². The summed E-state index contributed by atoms with van der Waals surface area (Å²) in [5.74, 6) is 0. The Morgan fingerprint density at radius 2 is 1.94 bits per heavy atom. The van der Waals surface area contributed by atoms with Crippen LogP contribution in [0.5, 0.6) is 0 Å². The molecule has 2 N–H and O–H groups in total. The highest BCUT2D eigenvalue weighted by Gasteiger charge is 2.32. The molecule has 3 nitrogen and oxygen atoms in total. The van der Waals surface area contributed by atoms with E-state index >= 15 is 0 Å². The van der Waals surface area contributed by atoms with Crippen LogP contribution in [0.25, 0.3) is 0 Å². The van der Waals surface area contributed by atoms with E-state index in [1.807, 2.05) is 6.92 Å². The highest BCUT2D eigenvalue weighted by Crippen LogP contribution is 2.35. The molecule has 0 fully saturated rings. The summed E-state index contributed by atoms with van der Waals surface area (Å²) in [4.78, 5) is 4.80. The van der Waals surface area contributed by atoms with Crippen LogP contribution in [0.4, 0.5) is 0 Å². The SMILES string of the molecule is CCOC(C)(CC)c1nc(C(C)(CC)CN)cs1. The second-order valence-electron chi connectivity index (χ2n) is 5.17. The molecule has 1 heterocycles. The lowest BCUT2D eigenvalue weighted by atomic mass is 9.85. The molecule has 18 heavy (non-hydrogen) atoms. The first kappa shape index (κ1) is 15.6. The third-order valence-corrected chi connectivity index (χ3v) is 5.03. The zero-order valence-corrected chi connectivity index (χ0v) is 13.1. The molecule has 0 aliphatic heterocycles. The molecule has 4 heteroatoms. The molecule has 0 aliphatic carbocycles. The van der Waals surface area contributed by atoms with Crippen molar-refractivity contribution in [1.82, 2.24) is 4.98 Å². The van der Waals surface area contributed by atoms with Crippen molar-refractivity contribution in [2.75, 3.05) is 13.2 Å². The summed E-state index contributed by atoms with van der Waals surface area (Å²) in [7, 11) is 0. The van der Waals surface area contributed by atoms with Crippen molar-refractivity contribution < 1.29 is 4.74 Å². The van der Waals surface area contributed by atoms with Crippen molar-refractivity contribution in [3.63, 3.8) is 0 Å². The van der Waals surface area contributed by atoms with Gasteiger partial charge in [-0.1, -0.05) is 20.8 Å². The van der Waals surface area contributed by atoms with E-state index in [4.69, 9.17) is 15.5 Å². The van der Waals surface area contributed by atoms with Crippen LogP contribution in [0.15, 0.2) is 5.38 Å². The zero-order valence-electron chi connectivity index (χ0n) is 12.2.